The Bertz CT molecular complexity index is 695. The maximum absolute atomic E-state index is 12.5. The monoisotopic (exact) mass is 331 g/mol. The van der Waals surface area contributed by atoms with Crippen LogP contribution in [0.1, 0.15) is 43.5 Å². The molecule has 1 aliphatic rings. The van der Waals surface area contributed by atoms with E-state index in [1.54, 1.807) is 23.1 Å². The number of ketones is 1. The molecular weight excluding hydrogens is 310 g/mol. The average Bonchev–Trinajstić information content (AvgIpc) is 2.54. The minimum atomic E-state index is -1.02. The first-order chi connectivity index (χ1) is 11.3. The molecule has 0 aromatic heterocycles. The van der Waals surface area contributed by atoms with Crippen molar-refractivity contribution in [1.29, 1.82) is 0 Å². The first kappa shape index (κ1) is 17.7. The van der Waals surface area contributed by atoms with E-state index in [2.05, 4.69) is 6.58 Å². The van der Waals surface area contributed by atoms with Gasteiger partial charge in [-0.1, -0.05) is 19.1 Å². The van der Waals surface area contributed by atoms with Gasteiger partial charge < -0.3 is 14.7 Å². The van der Waals surface area contributed by atoms with E-state index >= 15 is 0 Å². The first-order valence-corrected chi connectivity index (χ1v) is 7.85. The lowest BCUT2D eigenvalue weighted by Gasteiger charge is -2.34. The molecule has 128 valence electrons. The van der Waals surface area contributed by atoms with Crippen LogP contribution in [0.2, 0.25) is 0 Å². The number of Topliss-reactive ketones (excluding diaryl/α,β-unsaturated/α-hetero) is 1. The van der Waals surface area contributed by atoms with Crippen LogP contribution in [0.3, 0.4) is 0 Å². The number of benzene rings is 1. The van der Waals surface area contributed by atoms with Gasteiger partial charge in [0.15, 0.2) is 11.9 Å². The fraction of sp³-hybridized carbons (Fsp3) is 0.389. The average molecular weight is 331 g/mol. The number of anilines is 1. The van der Waals surface area contributed by atoms with Gasteiger partial charge in [0, 0.05) is 18.5 Å². The van der Waals surface area contributed by atoms with Crippen LogP contribution in [0.25, 0.3) is 0 Å². The summed E-state index contributed by atoms with van der Waals surface area (Å²) in [5, 5.41) is 8.70. The smallest absolute Gasteiger partial charge is 0.303 e. The molecule has 1 atom stereocenters. The molecule has 1 unspecified atom stereocenters. The Morgan fingerprint density at radius 2 is 2.04 bits per heavy atom. The number of carbonyl (C=O) groups is 3. The standard InChI is InChI=1S/C18H21NO5/c1-4-15-18(23)19(10-11(2)3)13-9-12(5-7-16(13)24-15)14(20)6-8-17(21)22/h5,7,9,15H,2,4,6,8,10H2,1,3H3,(H,21,22). The Kier molecular flexibility index (Phi) is 5.39. The second-order valence-corrected chi connectivity index (χ2v) is 5.90. The zero-order valence-corrected chi connectivity index (χ0v) is 13.9. The zero-order chi connectivity index (χ0) is 17.9. The van der Waals surface area contributed by atoms with Crippen molar-refractivity contribution >= 4 is 23.3 Å². The van der Waals surface area contributed by atoms with Crippen molar-refractivity contribution in [2.45, 2.75) is 39.2 Å². The van der Waals surface area contributed by atoms with Crippen LogP contribution < -0.4 is 9.64 Å². The van der Waals surface area contributed by atoms with Crippen molar-refractivity contribution in [3.8, 4) is 5.75 Å². The number of nitrogens with zero attached hydrogens (tertiary/aromatic N) is 1. The molecular formula is C18H21NO5. The van der Waals surface area contributed by atoms with Crippen molar-refractivity contribution in [1.82, 2.24) is 0 Å². The van der Waals surface area contributed by atoms with Gasteiger partial charge in [0.1, 0.15) is 5.75 Å². The van der Waals surface area contributed by atoms with Crippen molar-refractivity contribution in [3.05, 3.63) is 35.9 Å². The fourth-order valence-electron chi connectivity index (χ4n) is 2.55. The number of carboxylic acid groups (broad SMARTS) is 1. The van der Waals surface area contributed by atoms with E-state index in [1.165, 1.54) is 0 Å². The third-order valence-electron chi connectivity index (χ3n) is 3.75. The zero-order valence-electron chi connectivity index (χ0n) is 13.9. The lowest BCUT2D eigenvalue weighted by Crippen LogP contribution is -2.46. The highest BCUT2D eigenvalue weighted by molar-refractivity contribution is 6.03. The Balaban J connectivity index is 2.35. The van der Waals surface area contributed by atoms with Crippen molar-refractivity contribution in [2.24, 2.45) is 0 Å². The lowest BCUT2D eigenvalue weighted by atomic mass is 10.0. The number of carbonyl (C=O) groups excluding carboxylic acids is 2. The Morgan fingerprint density at radius 1 is 1.33 bits per heavy atom. The summed E-state index contributed by atoms with van der Waals surface area (Å²) in [6, 6.07) is 4.85. The molecule has 1 amide bonds. The molecule has 6 heteroatoms. The molecule has 0 aliphatic carbocycles. The normalized spacial score (nSPS) is 16.3. The van der Waals surface area contributed by atoms with Gasteiger partial charge in [-0.25, -0.2) is 0 Å². The van der Waals surface area contributed by atoms with E-state index in [9.17, 15) is 14.4 Å². The second-order valence-electron chi connectivity index (χ2n) is 5.90. The number of aliphatic carboxylic acids is 1. The quantitative estimate of drug-likeness (QED) is 0.613. The summed E-state index contributed by atoms with van der Waals surface area (Å²) in [6.07, 6.45) is -0.310. The molecule has 0 bridgehead atoms. The van der Waals surface area contributed by atoms with Crippen LogP contribution in [-0.2, 0) is 9.59 Å². The summed E-state index contributed by atoms with van der Waals surface area (Å²) in [6.45, 7) is 7.89. The van der Waals surface area contributed by atoms with E-state index in [-0.39, 0.29) is 24.5 Å². The second kappa shape index (κ2) is 7.29. The van der Waals surface area contributed by atoms with Crippen LogP contribution in [0.15, 0.2) is 30.4 Å². The number of rotatable bonds is 7. The van der Waals surface area contributed by atoms with Gasteiger partial charge in [-0.2, -0.15) is 0 Å². The van der Waals surface area contributed by atoms with Gasteiger partial charge in [-0.15, -0.1) is 0 Å². The predicted molar refractivity (Wildman–Crippen MR) is 89.5 cm³/mol. The van der Waals surface area contributed by atoms with Gasteiger partial charge in [-0.3, -0.25) is 14.4 Å². The van der Waals surface area contributed by atoms with E-state index in [0.29, 0.717) is 30.0 Å². The van der Waals surface area contributed by atoms with E-state index in [0.717, 1.165) is 5.57 Å². The summed E-state index contributed by atoms with van der Waals surface area (Å²) in [4.78, 5) is 36.9. The molecule has 2 rings (SSSR count). The molecule has 1 aromatic rings. The molecule has 0 radical (unpaired) electrons. The highest BCUT2D eigenvalue weighted by atomic mass is 16.5. The molecule has 1 heterocycles. The summed E-state index contributed by atoms with van der Waals surface area (Å²) in [7, 11) is 0. The highest BCUT2D eigenvalue weighted by Crippen LogP contribution is 2.36. The van der Waals surface area contributed by atoms with Crippen LogP contribution in [0.5, 0.6) is 5.75 Å². The summed E-state index contributed by atoms with van der Waals surface area (Å²) < 4.78 is 5.71. The van der Waals surface area contributed by atoms with Crippen molar-refractivity contribution in [3.63, 3.8) is 0 Å². The van der Waals surface area contributed by atoms with Gasteiger partial charge in [0.05, 0.1) is 12.1 Å². The fourth-order valence-corrected chi connectivity index (χ4v) is 2.55. The number of ether oxygens (including phenoxy) is 1. The van der Waals surface area contributed by atoms with Gasteiger partial charge >= 0.3 is 5.97 Å². The Morgan fingerprint density at radius 3 is 2.62 bits per heavy atom. The first-order valence-electron chi connectivity index (χ1n) is 7.85. The lowest BCUT2D eigenvalue weighted by molar-refractivity contribution is -0.137. The largest absolute Gasteiger partial charge is 0.481 e. The number of hydrogen-bond donors (Lipinski definition) is 1. The van der Waals surface area contributed by atoms with E-state index in [4.69, 9.17) is 9.84 Å². The minimum Gasteiger partial charge on any atom is -0.481 e. The molecule has 0 saturated heterocycles. The maximum Gasteiger partial charge on any atom is 0.303 e. The summed E-state index contributed by atoms with van der Waals surface area (Å²) in [5.41, 5.74) is 1.70. The number of amides is 1. The van der Waals surface area contributed by atoms with Gasteiger partial charge in [0.2, 0.25) is 0 Å². The summed E-state index contributed by atoms with van der Waals surface area (Å²) in [5.74, 6) is -0.921. The minimum absolute atomic E-state index is 0.0823. The van der Waals surface area contributed by atoms with Gasteiger partial charge in [0.25, 0.3) is 5.91 Å². The SMILES string of the molecule is C=C(C)CN1C(=O)C(CC)Oc2ccc(C(=O)CCC(=O)O)cc21. The predicted octanol–water partition coefficient (Wildman–Crippen LogP) is 2.81. The third kappa shape index (κ3) is 3.82. The number of hydrogen-bond acceptors (Lipinski definition) is 4. The molecule has 24 heavy (non-hydrogen) atoms. The molecule has 1 aliphatic heterocycles. The van der Waals surface area contributed by atoms with Crippen molar-refractivity contribution < 1.29 is 24.2 Å². The highest BCUT2D eigenvalue weighted by Gasteiger charge is 2.33. The topological polar surface area (TPSA) is 83.9 Å². The molecule has 6 nitrogen and oxygen atoms in total. The number of fused-ring (bicyclic) bond motifs is 1. The van der Waals surface area contributed by atoms with Gasteiger partial charge in [-0.05, 0) is 31.5 Å². The summed E-state index contributed by atoms with van der Waals surface area (Å²) >= 11 is 0. The molecule has 0 fully saturated rings. The van der Waals surface area contributed by atoms with E-state index < -0.39 is 12.1 Å². The molecule has 1 N–H and O–H groups in total. The van der Waals surface area contributed by atoms with Crippen LogP contribution in [-0.4, -0.2) is 35.4 Å². The molecule has 1 aromatic carbocycles. The number of carboxylic acids is 1. The molecule has 0 spiro atoms. The third-order valence-corrected chi connectivity index (χ3v) is 3.75. The van der Waals surface area contributed by atoms with Crippen molar-refractivity contribution in [2.75, 3.05) is 11.4 Å². The van der Waals surface area contributed by atoms with E-state index in [1.807, 2.05) is 13.8 Å². The Labute approximate surface area is 140 Å². The molecule has 0 saturated carbocycles. The van der Waals surface area contributed by atoms with Crippen LogP contribution >= 0.6 is 0 Å². The van der Waals surface area contributed by atoms with Crippen LogP contribution in [0, 0.1) is 0 Å². The Hall–Kier alpha value is -2.63. The van der Waals surface area contributed by atoms with Crippen LogP contribution in [0.4, 0.5) is 5.69 Å². The maximum atomic E-state index is 12.5.